The van der Waals surface area contributed by atoms with E-state index in [0.717, 1.165) is 5.56 Å². The standard InChI is InChI=1S/C12H10N2O2S/c13-10-9(15)5-8(11(16)12(10)17)4-7-2-1-3-14-6-7/h1-3,5-6,10H,4,13H2. The molecule has 2 N–H and O–H groups in total. The number of carbonyl (C=O) groups excluding carboxylic acids is 2. The van der Waals surface area contributed by atoms with Crippen LogP contribution in [-0.2, 0) is 16.0 Å². The molecule has 0 aliphatic heterocycles. The SMILES string of the molecule is NC1C(=O)C=C(Cc2cccnc2)C(=O)C1=S. The highest BCUT2D eigenvalue weighted by atomic mass is 32.1. The molecule has 0 radical (unpaired) electrons. The molecule has 0 amide bonds. The number of nitrogens with two attached hydrogens (primary N) is 1. The molecule has 0 fully saturated rings. The van der Waals surface area contributed by atoms with E-state index in [1.807, 2.05) is 6.07 Å². The van der Waals surface area contributed by atoms with Crippen LogP contribution in [-0.4, -0.2) is 27.5 Å². The third kappa shape index (κ3) is 2.35. The zero-order chi connectivity index (χ0) is 12.4. The van der Waals surface area contributed by atoms with E-state index in [-0.39, 0.29) is 16.4 Å². The van der Waals surface area contributed by atoms with Crippen molar-refractivity contribution in [1.29, 1.82) is 0 Å². The summed E-state index contributed by atoms with van der Waals surface area (Å²) in [6.07, 6.45) is 4.93. The highest BCUT2D eigenvalue weighted by molar-refractivity contribution is 7.82. The van der Waals surface area contributed by atoms with Crippen LogP contribution in [0.15, 0.2) is 36.2 Å². The van der Waals surface area contributed by atoms with Gasteiger partial charge in [-0.25, -0.2) is 0 Å². The molecule has 86 valence electrons. The number of thiocarbonyl (C=S) groups is 1. The van der Waals surface area contributed by atoms with Gasteiger partial charge in [0.15, 0.2) is 11.6 Å². The summed E-state index contributed by atoms with van der Waals surface area (Å²) >= 11 is 4.87. The topological polar surface area (TPSA) is 73.1 Å². The van der Waals surface area contributed by atoms with Gasteiger partial charge in [0.2, 0.25) is 0 Å². The second-order valence-corrected chi connectivity index (χ2v) is 4.22. The van der Waals surface area contributed by atoms with Gasteiger partial charge in [-0.3, -0.25) is 14.6 Å². The normalized spacial score (nSPS) is 20.4. The Bertz CT molecular complexity index is 523. The van der Waals surface area contributed by atoms with E-state index < -0.39 is 6.04 Å². The summed E-state index contributed by atoms with van der Waals surface area (Å²) in [6.45, 7) is 0. The molecule has 0 aromatic carbocycles. The summed E-state index contributed by atoms with van der Waals surface area (Å²) in [5.41, 5.74) is 6.74. The van der Waals surface area contributed by atoms with E-state index in [1.165, 1.54) is 6.08 Å². The maximum Gasteiger partial charge on any atom is 0.198 e. The first-order chi connectivity index (χ1) is 8.09. The van der Waals surface area contributed by atoms with Crippen molar-refractivity contribution < 1.29 is 9.59 Å². The van der Waals surface area contributed by atoms with Crippen LogP contribution in [0.25, 0.3) is 0 Å². The van der Waals surface area contributed by atoms with Crippen LogP contribution in [0, 0.1) is 0 Å². The van der Waals surface area contributed by atoms with Crippen LogP contribution >= 0.6 is 12.2 Å². The first kappa shape index (κ1) is 11.8. The fourth-order valence-electron chi connectivity index (χ4n) is 1.61. The molecule has 1 heterocycles. The first-order valence-corrected chi connectivity index (χ1v) is 5.48. The van der Waals surface area contributed by atoms with Gasteiger partial charge in [-0.1, -0.05) is 18.3 Å². The number of ketones is 2. The van der Waals surface area contributed by atoms with Crippen molar-refractivity contribution >= 4 is 28.6 Å². The minimum Gasteiger partial charge on any atom is -0.317 e. The third-order valence-electron chi connectivity index (χ3n) is 2.54. The van der Waals surface area contributed by atoms with Crippen LogP contribution in [0.1, 0.15) is 5.56 Å². The van der Waals surface area contributed by atoms with E-state index in [0.29, 0.717) is 12.0 Å². The molecule has 1 atom stereocenters. The molecule has 0 saturated heterocycles. The predicted octanol–water partition coefficient (Wildman–Crippen LogP) is 0.399. The van der Waals surface area contributed by atoms with E-state index in [4.69, 9.17) is 18.0 Å². The Morgan fingerprint density at radius 3 is 2.82 bits per heavy atom. The lowest BCUT2D eigenvalue weighted by molar-refractivity contribution is -0.117. The van der Waals surface area contributed by atoms with E-state index in [1.54, 1.807) is 18.5 Å². The maximum absolute atomic E-state index is 11.8. The summed E-state index contributed by atoms with van der Waals surface area (Å²) in [7, 11) is 0. The van der Waals surface area contributed by atoms with Gasteiger partial charge in [-0.05, 0) is 17.7 Å². The molecule has 0 spiro atoms. The Kier molecular flexibility index (Phi) is 3.21. The number of carbonyl (C=O) groups is 2. The van der Waals surface area contributed by atoms with Gasteiger partial charge in [-0.2, -0.15) is 0 Å². The summed E-state index contributed by atoms with van der Waals surface area (Å²) in [5.74, 6) is -0.621. The van der Waals surface area contributed by atoms with Crippen molar-refractivity contribution in [1.82, 2.24) is 4.98 Å². The number of hydrogen-bond acceptors (Lipinski definition) is 5. The van der Waals surface area contributed by atoms with E-state index >= 15 is 0 Å². The minimum atomic E-state index is -0.963. The monoisotopic (exact) mass is 246 g/mol. The average molecular weight is 246 g/mol. The highest BCUT2D eigenvalue weighted by Gasteiger charge is 2.30. The number of allylic oxidation sites excluding steroid dienone is 1. The van der Waals surface area contributed by atoms with Crippen LogP contribution in [0.3, 0.4) is 0 Å². The first-order valence-electron chi connectivity index (χ1n) is 5.07. The molecular weight excluding hydrogens is 236 g/mol. The average Bonchev–Trinajstić information content (AvgIpc) is 2.35. The Morgan fingerprint density at radius 1 is 1.41 bits per heavy atom. The zero-order valence-electron chi connectivity index (χ0n) is 8.92. The molecule has 1 aliphatic rings. The number of pyridine rings is 1. The van der Waals surface area contributed by atoms with Gasteiger partial charge >= 0.3 is 0 Å². The van der Waals surface area contributed by atoms with Crippen LogP contribution in [0.5, 0.6) is 0 Å². The van der Waals surface area contributed by atoms with Crippen molar-refractivity contribution in [2.45, 2.75) is 12.5 Å². The van der Waals surface area contributed by atoms with Crippen molar-refractivity contribution in [3.05, 3.63) is 41.7 Å². The lowest BCUT2D eigenvalue weighted by Gasteiger charge is -2.17. The van der Waals surface area contributed by atoms with Gasteiger partial charge < -0.3 is 5.73 Å². The Morgan fingerprint density at radius 2 is 2.18 bits per heavy atom. The second-order valence-electron chi connectivity index (χ2n) is 3.78. The minimum absolute atomic E-state index is 0.00334. The summed E-state index contributed by atoms with van der Waals surface area (Å²) < 4.78 is 0. The van der Waals surface area contributed by atoms with Gasteiger partial charge in [0.1, 0.15) is 6.04 Å². The maximum atomic E-state index is 11.8. The molecule has 0 bridgehead atoms. The summed E-state index contributed by atoms with van der Waals surface area (Å²) in [4.78, 5) is 27.3. The van der Waals surface area contributed by atoms with Crippen LogP contribution < -0.4 is 5.73 Å². The third-order valence-corrected chi connectivity index (χ3v) is 2.98. The smallest absolute Gasteiger partial charge is 0.198 e. The number of Topliss-reactive ketones (excluding diaryl/α,β-unsaturated/α-hetero) is 1. The summed E-state index contributed by atoms with van der Waals surface area (Å²) in [6, 6.07) is 2.65. The molecular formula is C12H10N2O2S. The Balaban J connectivity index is 2.27. The Labute approximate surface area is 104 Å². The molecule has 17 heavy (non-hydrogen) atoms. The molecule has 1 aromatic heterocycles. The van der Waals surface area contributed by atoms with Gasteiger partial charge in [0, 0.05) is 24.4 Å². The van der Waals surface area contributed by atoms with Gasteiger partial charge in [0.25, 0.3) is 0 Å². The van der Waals surface area contributed by atoms with Crippen molar-refractivity contribution in [2.24, 2.45) is 5.73 Å². The van der Waals surface area contributed by atoms with Crippen molar-refractivity contribution in [3.63, 3.8) is 0 Å². The molecule has 0 saturated carbocycles. The quantitative estimate of drug-likeness (QED) is 0.765. The number of aromatic nitrogens is 1. The zero-order valence-corrected chi connectivity index (χ0v) is 9.74. The molecule has 1 unspecified atom stereocenters. The van der Waals surface area contributed by atoms with Gasteiger partial charge in [0.05, 0.1) is 4.86 Å². The number of rotatable bonds is 2. The lowest BCUT2D eigenvalue weighted by atomic mass is 9.90. The number of nitrogens with zero attached hydrogens (tertiary/aromatic N) is 1. The predicted molar refractivity (Wildman–Crippen MR) is 66.6 cm³/mol. The van der Waals surface area contributed by atoms with Crippen molar-refractivity contribution in [3.8, 4) is 0 Å². The molecule has 4 nitrogen and oxygen atoms in total. The largest absolute Gasteiger partial charge is 0.317 e. The summed E-state index contributed by atoms with van der Waals surface area (Å²) in [5, 5.41) is 0. The molecule has 5 heteroatoms. The molecule has 1 aliphatic carbocycles. The fraction of sp³-hybridized carbons (Fsp3) is 0.167. The van der Waals surface area contributed by atoms with Crippen LogP contribution in [0.2, 0.25) is 0 Å². The van der Waals surface area contributed by atoms with Gasteiger partial charge in [-0.15, -0.1) is 0 Å². The molecule has 1 aromatic rings. The fourth-order valence-corrected chi connectivity index (χ4v) is 1.86. The Hall–Kier alpha value is -1.72. The highest BCUT2D eigenvalue weighted by Crippen LogP contribution is 2.14. The van der Waals surface area contributed by atoms with Crippen molar-refractivity contribution in [2.75, 3.05) is 0 Å². The van der Waals surface area contributed by atoms with E-state index in [9.17, 15) is 9.59 Å². The van der Waals surface area contributed by atoms with E-state index in [2.05, 4.69) is 4.98 Å². The lowest BCUT2D eigenvalue weighted by Crippen LogP contribution is -2.45. The molecule has 2 rings (SSSR count). The number of hydrogen-bond donors (Lipinski definition) is 1. The van der Waals surface area contributed by atoms with Crippen LogP contribution in [0.4, 0.5) is 0 Å². The second kappa shape index (κ2) is 4.65.